The van der Waals surface area contributed by atoms with Gasteiger partial charge >= 0.3 is 0 Å². The van der Waals surface area contributed by atoms with Crippen LogP contribution >= 0.6 is 11.3 Å². The molecule has 0 aliphatic rings. The van der Waals surface area contributed by atoms with Crippen LogP contribution in [-0.2, 0) is 10.0 Å². The number of rotatable bonds is 3. The summed E-state index contributed by atoms with van der Waals surface area (Å²) in [5.74, 6) is -0.413. The molecule has 0 saturated heterocycles. The summed E-state index contributed by atoms with van der Waals surface area (Å²) in [6.07, 6.45) is 0. The van der Waals surface area contributed by atoms with Gasteiger partial charge in [0.25, 0.3) is 5.91 Å². The van der Waals surface area contributed by atoms with Gasteiger partial charge in [-0.15, -0.1) is 11.3 Å². The molecule has 0 saturated carbocycles. The van der Waals surface area contributed by atoms with Gasteiger partial charge in [-0.3, -0.25) is 4.79 Å². The van der Waals surface area contributed by atoms with E-state index in [-0.39, 0.29) is 15.8 Å². The molecule has 1 amide bonds. The van der Waals surface area contributed by atoms with Crippen molar-refractivity contribution < 1.29 is 13.2 Å². The van der Waals surface area contributed by atoms with Crippen LogP contribution in [0.25, 0.3) is 0 Å². The normalized spacial score (nSPS) is 11.7. The zero-order valence-corrected chi connectivity index (χ0v) is 9.98. The van der Waals surface area contributed by atoms with E-state index in [4.69, 9.17) is 5.14 Å². The Bertz CT molecular complexity index is 462. The lowest BCUT2D eigenvalue weighted by Gasteiger charge is -2.07. The monoisotopic (exact) mass is 248 g/mol. The van der Waals surface area contributed by atoms with E-state index >= 15 is 0 Å². The topological polar surface area (TPSA) is 89.3 Å². The van der Waals surface area contributed by atoms with Gasteiger partial charge in [0.05, 0.1) is 0 Å². The molecule has 0 aliphatic heterocycles. The van der Waals surface area contributed by atoms with Crippen LogP contribution in [0.1, 0.15) is 23.5 Å². The molecule has 0 atom stereocenters. The van der Waals surface area contributed by atoms with E-state index in [1.54, 1.807) is 13.8 Å². The highest BCUT2D eigenvalue weighted by atomic mass is 32.2. The number of hydrogen-bond acceptors (Lipinski definition) is 4. The largest absolute Gasteiger partial charge is 0.349 e. The summed E-state index contributed by atoms with van der Waals surface area (Å²) in [4.78, 5) is 11.6. The summed E-state index contributed by atoms with van der Waals surface area (Å²) in [5, 5.41) is 9.10. The zero-order chi connectivity index (χ0) is 11.6. The molecule has 0 unspecified atom stereocenters. The van der Waals surface area contributed by atoms with Gasteiger partial charge in [0.2, 0.25) is 10.0 Å². The number of thiophene rings is 1. The third-order valence-corrected chi connectivity index (χ3v) is 3.56. The number of carbonyl (C=O) groups excluding carboxylic acids is 1. The maximum Gasteiger partial charge on any atom is 0.262 e. The molecule has 84 valence electrons. The van der Waals surface area contributed by atoms with E-state index in [9.17, 15) is 13.2 Å². The van der Waals surface area contributed by atoms with Crippen molar-refractivity contribution in [3.63, 3.8) is 0 Å². The van der Waals surface area contributed by atoms with Gasteiger partial charge in [0.15, 0.2) is 0 Å². The van der Waals surface area contributed by atoms with E-state index in [1.807, 2.05) is 0 Å². The van der Waals surface area contributed by atoms with E-state index in [2.05, 4.69) is 5.32 Å². The van der Waals surface area contributed by atoms with Crippen LogP contribution in [0.2, 0.25) is 0 Å². The van der Waals surface area contributed by atoms with Crippen LogP contribution in [-0.4, -0.2) is 20.4 Å². The first-order valence-corrected chi connectivity index (χ1v) is 6.66. The van der Waals surface area contributed by atoms with Gasteiger partial charge in [-0.1, -0.05) is 0 Å². The van der Waals surface area contributed by atoms with Crippen molar-refractivity contribution in [3.8, 4) is 0 Å². The predicted octanol–water partition coefficient (Wildman–Crippen LogP) is 0.534. The highest BCUT2D eigenvalue weighted by molar-refractivity contribution is 7.89. The number of nitrogens with one attached hydrogen (secondary N) is 1. The van der Waals surface area contributed by atoms with Gasteiger partial charge in [0.1, 0.15) is 9.77 Å². The summed E-state index contributed by atoms with van der Waals surface area (Å²) in [5.41, 5.74) is 0. The summed E-state index contributed by atoms with van der Waals surface area (Å²) in [6, 6.07) is 1.28. The SMILES string of the molecule is CC(C)NC(=O)c1sccc1S(N)(=O)=O. The Morgan fingerprint density at radius 1 is 1.53 bits per heavy atom. The average molecular weight is 248 g/mol. The van der Waals surface area contributed by atoms with Crippen molar-refractivity contribution in [2.75, 3.05) is 0 Å². The summed E-state index contributed by atoms with van der Waals surface area (Å²) in [7, 11) is -3.82. The molecule has 5 nitrogen and oxygen atoms in total. The van der Waals surface area contributed by atoms with Gasteiger partial charge in [-0.2, -0.15) is 0 Å². The Morgan fingerprint density at radius 3 is 2.60 bits per heavy atom. The van der Waals surface area contributed by atoms with Gasteiger partial charge in [-0.05, 0) is 25.3 Å². The number of nitrogens with two attached hydrogens (primary N) is 1. The highest BCUT2D eigenvalue weighted by Gasteiger charge is 2.20. The maximum absolute atomic E-state index is 11.6. The van der Waals surface area contributed by atoms with Gasteiger partial charge in [-0.25, -0.2) is 13.6 Å². The second-order valence-corrected chi connectivity index (χ2v) is 5.73. The number of carbonyl (C=O) groups is 1. The van der Waals surface area contributed by atoms with Crippen LogP contribution in [0.3, 0.4) is 0 Å². The molecule has 7 heteroatoms. The molecule has 0 bridgehead atoms. The van der Waals surface area contributed by atoms with Crippen LogP contribution in [0, 0.1) is 0 Å². The number of sulfonamides is 1. The highest BCUT2D eigenvalue weighted by Crippen LogP contribution is 2.20. The van der Waals surface area contributed by atoms with Gasteiger partial charge < -0.3 is 5.32 Å². The number of primary sulfonamides is 1. The molecule has 1 heterocycles. The smallest absolute Gasteiger partial charge is 0.262 e. The standard InChI is InChI=1S/C8H12N2O3S2/c1-5(2)10-8(11)7-6(3-4-14-7)15(9,12)13/h3-5H,1-2H3,(H,10,11)(H2,9,12,13). The quantitative estimate of drug-likeness (QED) is 0.817. The van der Waals surface area contributed by atoms with E-state index in [1.165, 1.54) is 11.4 Å². The summed E-state index contributed by atoms with van der Waals surface area (Å²) < 4.78 is 22.2. The Morgan fingerprint density at radius 2 is 2.13 bits per heavy atom. The molecule has 0 fully saturated rings. The molecular weight excluding hydrogens is 236 g/mol. The minimum absolute atomic E-state index is 0.0482. The fourth-order valence-corrected chi connectivity index (χ4v) is 2.89. The number of amides is 1. The minimum atomic E-state index is -3.82. The third-order valence-electron chi connectivity index (χ3n) is 1.56. The molecule has 3 N–H and O–H groups in total. The van der Waals surface area contributed by atoms with Crippen LogP contribution < -0.4 is 10.5 Å². The fraction of sp³-hybridized carbons (Fsp3) is 0.375. The van der Waals surface area contributed by atoms with Crippen LogP contribution in [0.4, 0.5) is 0 Å². The lowest BCUT2D eigenvalue weighted by Crippen LogP contribution is -2.30. The first-order valence-electron chi connectivity index (χ1n) is 4.23. The molecule has 0 aromatic carbocycles. The lowest BCUT2D eigenvalue weighted by atomic mass is 10.3. The Balaban J connectivity index is 3.06. The van der Waals surface area contributed by atoms with E-state index in [0.717, 1.165) is 11.3 Å². The molecule has 1 aromatic heterocycles. The fourth-order valence-electron chi connectivity index (χ4n) is 1.01. The van der Waals surface area contributed by atoms with Crippen molar-refractivity contribution in [2.45, 2.75) is 24.8 Å². The molecule has 1 aromatic rings. The molecule has 0 spiro atoms. The Kier molecular flexibility index (Phi) is 3.48. The summed E-state index contributed by atoms with van der Waals surface area (Å²) in [6.45, 7) is 3.59. The Labute approximate surface area is 92.3 Å². The molecule has 15 heavy (non-hydrogen) atoms. The first kappa shape index (κ1) is 12.2. The van der Waals surface area contributed by atoms with Gasteiger partial charge in [0, 0.05) is 6.04 Å². The lowest BCUT2D eigenvalue weighted by molar-refractivity contribution is 0.0944. The number of hydrogen-bond donors (Lipinski definition) is 2. The first-order chi connectivity index (χ1) is 6.82. The van der Waals surface area contributed by atoms with E-state index in [0.29, 0.717) is 0 Å². The molecule has 1 rings (SSSR count). The second-order valence-electron chi connectivity index (χ2n) is 3.29. The second kappa shape index (κ2) is 4.30. The van der Waals surface area contributed by atoms with Crippen molar-refractivity contribution >= 4 is 27.3 Å². The van der Waals surface area contributed by atoms with Crippen molar-refractivity contribution in [3.05, 3.63) is 16.3 Å². The molecular formula is C8H12N2O3S2. The molecule has 0 aliphatic carbocycles. The summed E-state index contributed by atoms with van der Waals surface area (Å²) >= 11 is 1.06. The van der Waals surface area contributed by atoms with Crippen molar-refractivity contribution in [1.29, 1.82) is 0 Å². The average Bonchev–Trinajstić information content (AvgIpc) is 2.48. The van der Waals surface area contributed by atoms with Crippen LogP contribution in [0.5, 0.6) is 0 Å². The maximum atomic E-state index is 11.6. The molecule has 0 radical (unpaired) electrons. The van der Waals surface area contributed by atoms with Crippen LogP contribution in [0.15, 0.2) is 16.3 Å². The van der Waals surface area contributed by atoms with Crippen molar-refractivity contribution in [2.24, 2.45) is 5.14 Å². The Hall–Kier alpha value is -0.920. The predicted molar refractivity (Wildman–Crippen MR) is 58.3 cm³/mol. The van der Waals surface area contributed by atoms with Crippen molar-refractivity contribution in [1.82, 2.24) is 5.32 Å². The third kappa shape index (κ3) is 3.01. The zero-order valence-electron chi connectivity index (χ0n) is 8.35. The van der Waals surface area contributed by atoms with E-state index < -0.39 is 15.9 Å². The minimum Gasteiger partial charge on any atom is -0.349 e.